The minimum absolute atomic E-state index is 0.00350. The maximum absolute atomic E-state index is 12.7. The van der Waals surface area contributed by atoms with Gasteiger partial charge in [0.15, 0.2) is 0 Å². The Morgan fingerprint density at radius 3 is 2.79 bits per heavy atom. The fourth-order valence-electron chi connectivity index (χ4n) is 3.13. The highest BCUT2D eigenvalue weighted by molar-refractivity contribution is 7.89. The number of rotatable bonds is 7. The van der Waals surface area contributed by atoms with Gasteiger partial charge in [-0.15, -0.1) is 0 Å². The molecule has 2 aromatic heterocycles. The van der Waals surface area contributed by atoms with Crippen molar-refractivity contribution in [2.45, 2.75) is 24.2 Å². The van der Waals surface area contributed by atoms with E-state index in [0.717, 1.165) is 9.87 Å². The second-order valence-corrected chi connectivity index (χ2v) is 8.44. The minimum atomic E-state index is -3.86. The number of H-pyrrole nitrogens is 2. The molecule has 0 fully saturated rings. The first kappa shape index (κ1) is 19.6. The highest BCUT2D eigenvalue weighted by Gasteiger charge is 2.22. The molecule has 3 aromatic rings. The van der Waals surface area contributed by atoms with Crippen molar-refractivity contribution < 1.29 is 18.3 Å². The highest BCUT2D eigenvalue weighted by atomic mass is 32.2. The van der Waals surface area contributed by atoms with Crippen LogP contribution in [0.15, 0.2) is 34.1 Å². The molecule has 0 unspecified atom stereocenters. The lowest BCUT2D eigenvalue weighted by atomic mass is 10.0. The number of carbonyl (C=O) groups is 1. The minimum Gasteiger partial charge on any atom is -0.481 e. The van der Waals surface area contributed by atoms with Crippen LogP contribution in [0.3, 0.4) is 0 Å². The summed E-state index contributed by atoms with van der Waals surface area (Å²) in [5, 5.41) is 18.7. The Balaban J connectivity index is 2.18. The van der Waals surface area contributed by atoms with Crippen molar-refractivity contribution in [2.75, 3.05) is 13.6 Å². The molecule has 0 saturated carbocycles. The van der Waals surface area contributed by atoms with Gasteiger partial charge in [-0.05, 0) is 36.6 Å². The van der Waals surface area contributed by atoms with Gasteiger partial charge < -0.3 is 15.1 Å². The van der Waals surface area contributed by atoms with E-state index in [4.69, 9.17) is 10.4 Å². The summed E-state index contributed by atoms with van der Waals surface area (Å²) in [5.41, 5.74) is 1.17. The van der Waals surface area contributed by atoms with Gasteiger partial charge in [-0.1, -0.05) is 0 Å². The number of carboxylic acid groups (broad SMARTS) is 1. The standard InChI is InChI=1S/C18H18N4O5S/c1-22(8-7-19)28(26,27)12-5-6-14-13(9-12)16-11(3-2-4-15(23)24)10-20-17(16)18(25)21-14/h5-6,9-10,20H,2-4,8H2,1H3,(H,21,25)(H,23,24). The quantitative estimate of drug-likeness (QED) is 0.511. The largest absolute Gasteiger partial charge is 0.481 e. The average Bonchev–Trinajstić information content (AvgIpc) is 3.06. The Morgan fingerprint density at radius 1 is 1.36 bits per heavy atom. The number of aliphatic carboxylic acids is 1. The molecule has 0 aliphatic heterocycles. The van der Waals surface area contributed by atoms with E-state index in [-0.39, 0.29) is 23.4 Å². The summed E-state index contributed by atoms with van der Waals surface area (Å²) < 4.78 is 26.3. The zero-order chi connectivity index (χ0) is 20.5. The van der Waals surface area contributed by atoms with Crippen molar-refractivity contribution in [1.29, 1.82) is 5.26 Å². The summed E-state index contributed by atoms with van der Waals surface area (Å²) in [6, 6.07) is 6.16. The van der Waals surface area contributed by atoms with Gasteiger partial charge in [-0.25, -0.2) is 8.42 Å². The van der Waals surface area contributed by atoms with Gasteiger partial charge in [0.05, 0.1) is 11.0 Å². The number of fused-ring (bicyclic) bond motifs is 3. The normalized spacial score (nSPS) is 11.9. The van der Waals surface area contributed by atoms with Crippen molar-refractivity contribution in [3.8, 4) is 6.07 Å². The summed E-state index contributed by atoms with van der Waals surface area (Å²) >= 11 is 0. The first-order valence-corrected chi connectivity index (χ1v) is 9.91. The number of aromatic amines is 2. The van der Waals surface area contributed by atoms with Crippen molar-refractivity contribution in [3.63, 3.8) is 0 Å². The molecular formula is C18H18N4O5S. The second kappa shape index (κ2) is 7.46. The number of hydrogen-bond donors (Lipinski definition) is 3. The lowest BCUT2D eigenvalue weighted by molar-refractivity contribution is -0.137. The molecule has 3 rings (SSSR count). The Labute approximate surface area is 160 Å². The predicted molar refractivity (Wildman–Crippen MR) is 102 cm³/mol. The molecule has 10 heteroatoms. The van der Waals surface area contributed by atoms with Crippen molar-refractivity contribution in [1.82, 2.24) is 14.3 Å². The van der Waals surface area contributed by atoms with E-state index in [1.54, 1.807) is 12.3 Å². The van der Waals surface area contributed by atoms with Gasteiger partial charge in [-0.2, -0.15) is 9.57 Å². The van der Waals surface area contributed by atoms with Crippen LogP contribution in [-0.4, -0.2) is 47.4 Å². The monoisotopic (exact) mass is 402 g/mol. The van der Waals surface area contributed by atoms with Crippen LogP contribution >= 0.6 is 0 Å². The van der Waals surface area contributed by atoms with E-state index in [9.17, 15) is 18.0 Å². The molecule has 0 saturated heterocycles. The van der Waals surface area contributed by atoms with Crippen LogP contribution < -0.4 is 5.56 Å². The van der Waals surface area contributed by atoms with Crippen LogP contribution in [0.5, 0.6) is 0 Å². The van der Waals surface area contributed by atoms with Gasteiger partial charge in [0.1, 0.15) is 12.1 Å². The molecule has 3 N–H and O–H groups in total. The molecule has 146 valence electrons. The number of hydrogen-bond acceptors (Lipinski definition) is 5. The maximum Gasteiger partial charge on any atom is 0.303 e. The second-order valence-electron chi connectivity index (χ2n) is 6.39. The van der Waals surface area contributed by atoms with Crippen LogP contribution in [-0.2, 0) is 21.2 Å². The summed E-state index contributed by atoms with van der Waals surface area (Å²) in [5.74, 6) is -0.906. The van der Waals surface area contributed by atoms with Gasteiger partial charge >= 0.3 is 5.97 Å². The Morgan fingerprint density at radius 2 is 2.11 bits per heavy atom. The van der Waals surface area contributed by atoms with E-state index < -0.39 is 16.0 Å². The SMILES string of the molecule is CN(CC#N)S(=O)(=O)c1ccc2[nH]c(=O)c3[nH]cc(CCCC(=O)O)c3c2c1. The van der Waals surface area contributed by atoms with E-state index in [1.807, 2.05) is 0 Å². The Hall–Kier alpha value is -3.16. The number of benzene rings is 1. The van der Waals surface area contributed by atoms with E-state index in [2.05, 4.69) is 9.97 Å². The summed E-state index contributed by atoms with van der Waals surface area (Å²) in [6.07, 6.45) is 2.45. The molecule has 2 heterocycles. The molecule has 0 radical (unpaired) electrons. The van der Waals surface area contributed by atoms with Crippen LogP contribution in [0.4, 0.5) is 0 Å². The fraction of sp³-hybridized carbons (Fsp3) is 0.278. The van der Waals surface area contributed by atoms with Crippen molar-refractivity contribution in [2.24, 2.45) is 0 Å². The predicted octanol–water partition coefficient (Wildman–Crippen LogP) is 1.56. The molecule has 0 aliphatic rings. The van der Waals surface area contributed by atoms with Crippen LogP contribution in [0, 0.1) is 11.3 Å². The molecule has 1 aromatic carbocycles. The lowest BCUT2D eigenvalue weighted by Gasteiger charge is -2.14. The van der Waals surface area contributed by atoms with E-state index in [0.29, 0.717) is 34.6 Å². The number of nitrogens with zero attached hydrogens (tertiary/aromatic N) is 2. The highest BCUT2D eigenvalue weighted by Crippen LogP contribution is 2.28. The van der Waals surface area contributed by atoms with Crippen LogP contribution in [0.2, 0.25) is 0 Å². The number of sulfonamides is 1. The average molecular weight is 402 g/mol. The molecule has 0 spiro atoms. The Kier molecular flexibility index (Phi) is 5.22. The smallest absolute Gasteiger partial charge is 0.303 e. The van der Waals surface area contributed by atoms with E-state index in [1.165, 1.54) is 25.2 Å². The van der Waals surface area contributed by atoms with Crippen LogP contribution in [0.25, 0.3) is 21.8 Å². The maximum atomic E-state index is 12.7. The number of carboxylic acids is 1. The number of nitriles is 1. The third kappa shape index (κ3) is 3.49. The number of aromatic nitrogens is 2. The zero-order valence-electron chi connectivity index (χ0n) is 15.0. The Bertz CT molecular complexity index is 1270. The third-order valence-corrected chi connectivity index (χ3v) is 6.34. The topological polar surface area (TPSA) is 147 Å². The summed E-state index contributed by atoms with van der Waals surface area (Å²) in [7, 11) is -2.55. The van der Waals surface area contributed by atoms with Gasteiger partial charge in [0, 0.05) is 36.0 Å². The lowest BCUT2D eigenvalue weighted by Crippen LogP contribution is -2.27. The molecule has 0 bridgehead atoms. The number of nitrogens with one attached hydrogen (secondary N) is 2. The summed E-state index contributed by atoms with van der Waals surface area (Å²) in [6.45, 7) is -0.286. The zero-order valence-corrected chi connectivity index (χ0v) is 15.8. The van der Waals surface area contributed by atoms with Crippen molar-refractivity contribution >= 4 is 37.8 Å². The fourth-order valence-corrected chi connectivity index (χ4v) is 4.22. The van der Waals surface area contributed by atoms with Crippen molar-refractivity contribution in [3.05, 3.63) is 40.3 Å². The molecule has 0 atom stereocenters. The van der Waals surface area contributed by atoms with Gasteiger partial charge in [-0.3, -0.25) is 9.59 Å². The molecule has 0 amide bonds. The molecular weight excluding hydrogens is 384 g/mol. The van der Waals surface area contributed by atoms with Gasteiger partial charge in [0.25, 0.3) is 5.56 Å². The number of pyridine rings is 1. The van der Waals surface area contributed by atoms with E-state index >= 15 is 0 Å². The van der Waals surface area contributed by atoms with Gasteiger partial charge in [0.2, 0.25) is 10.0 Å². The first-order chi connectivity index (χ1) is 13.3. The third-order valence-electron chi connectivity index (χ3n) is 4.54. The molecule has 9 nitrogen and oxygen atoms in total. The van der Waals surface area contributed by atoms with Crippen LogP contribution in [0.1, 0.15) is 18.4 Å². The first-order valence-electron chi connectivity index (χ1n) is 8.46. The number of aryl methyl sites for hydroxylation is 1. The molecule has 28 heavy (non-hydrogen) atoms. The molecule has 0 aliphatic carbocycles. The summed E-state index contributed by atoms with van der Waals surface area (Å²) in [4.78, 5) is 28.7.